The van der Waals surface area contributed by atoms with Crippen LogP contribution in [0.5, 0.6) is 5.75 Å². The maximum Gasteiger partial charge on any atom is 0.270 e. The first-order valence-electron chi connectivity index (χ1n) is 7.22. The molecular weight excluding hydrogens is 346 g/mol. The highest BCUT2D eigenvalue weighted by Crippen LogP contribution is 2.27. The molecule has 6 nitrogen and oxygen atoms in total. The Balaban J connectivity index is 2.20. The molecule has 0 saturated carbocycles. The van der Waals surface area contributed by atoms with Gasteiger partial charge >= 0.3 is 0 Å². The lowest BCUT2D eigenvalue weighted by Gasteiger charge is -2.05. The zero-order chi connectivity index (χ0) is 17.7. The fraction of sp³-hybridized carbons (Fsp3) is 0.312. The Kier molecular flexibility index (Phi) is 6.22. The van der Waals surface area contributed by atoms with Crippen molar-refractivity contribution in [3.8, 4) is 5.75 Å². The van der Waals surface area contributed by atoms with Crippen LogP contribution in [-0.4, -0.2) is 35.4 Å². The van der Waals surface area contributed by atoms with E-state index in [2.05, 4.69) is 17.2 Å². The van der Waals surface area contributed by atoms with Crippen molar-refractivity contribution in [2.24, 2.45) is 5.73 Å². The summed E-state index contributed by atoms with van der Waals surface area (Å²) in [7, 11) is 1.56. The first-order chi connectivity index (χ1) is 11.4. The number of carbonyl (C=O) groups is 2. The summed E-state index contributed by atoms with van der Waals surface area (Å²) < 4.78 is 5.07. The van der Waals surface area contributed by atoms with Crippen LogP contribution in [0.15, 0.2) is 24.3 Å². The van der Waals surface area contributed by atoms with Gasteiger partial charge in [0.05, 0.1) is 12.1 Å². The molecule has 0 fully saturated rings. The molecule has 1 aromatic heterocycles. The number of nitrogens with one attached hydrogen (secondary N) is 1. The van der Waals surface area contributed by atoms with Gasteiger partial charge in [-0.3, -0.25) is 9.59 Å². The number of benzene rings is 1. The molecule has 1 heterocycles. The number of hydrogen-bond donors (Lipinski definition) is 2. The molecule has 128 valence electrons. The summed E-state index contributed by atoms with van der Waals surface area (Å²) in [6.45, 7) is 2.08. The van der Waals surface area contributed by atoms with Gasteiger partial charge in [0, 0.05) is 17.2 Å². The van der Waals surface area contributed by atoms with Gasteiger partial charge in [-0.1, -0.05) is 6.92 Å². The summed E-state index contributed by atoms with van der Waals surface area (Å²) in [4.78, 5) is 28.2. The zero-order valence-electron chi connectivity index (χ0n) is 13.7. The third kappa shape index (κ3) is 4.48. The lowest BCUT2D eigenvalue weighted by Crippen LogP contribution is -2.17. The highest BCUT2D eigenvalue weighted by Gasteiger charge is 2.19. The molecule has 2 rings (SSSR count). The Hall–Kier alpha value is -2.06. The van der Waals surface area contributed by atoms with E-state index >= 15 is 0 Å². The largest absolute Gasteiger partial charge is 0.497 e. The van der Waals surface area contributed by atoms with E-state index in [4.69, 9.17) is 10.5 Å². The second-order valence-electron chi connectivity index (χ2n) is 5.08. The molecule has 3 N–H and O–H groups in total. The van der Waals surface area contributed by atoms with Gasteiger partial charge in [0.2, 0.25) is 0 Å². The first-order valence-corrected chi connectivity index (χ1v) is 9.32. The number of hydrogen-bond acceptors (Lipinski definition) is 6. The van der Waals surface area contributed by atoms with E-state index < -0.39 is 5.91 Å². The Bertz CT molecular complexity index is 729. The first kappa shape index (κ1) is 18.3. The van der Waals surface area contributed by atoms with Crippen molar-refractivity contribution in [2.75, 3.05) is 18.7 Å². The molecule has 0 bridgehead atoms. The van der Waals surface area contributed by atoms with Crippen LogP contribution in [0, 0.1) is 0 Å². The number of nitrogens with zero attached hydrogens (tertiary/aromatic N) is 1. The SMILES string of the molecule is COc1ccc(C(=O)Nc2sc(CC(C)SC)nc2C(N)=O)cc1. The third-order valence-electron chi connectivity index (χ3n) is 3.35. The standard InChI is InChI=1S/C16H19N3O3S2/c1-9(23-3)8-12-18-13(14(17)20)16(24-12)19-15(21)10-4-6-11(22-2)7-5-10/h4-7,9H,8H2,1-3H3,(H2,17,20)(H,19,21). The second kappa shape index (κ2) is 8.16. The molecule has 2 aromatic rings. The lowest BCUT2D eigenvalue weighted by molar-refractivity contribution is 0.0997. The van der Waals surface area contributed by atoms with Crippen molar-refractivity contribution < 1.29 is 14.3 Å². The number of carbonyl (C=O) groups excluding carboxylic acids is 2. The van der Waals surface area contributed by atoms with Gasteiger partial charge in [0.15, 0.2) is 5.69 Å². The van der Waals surface area contributed by atoms with E-state index in [-0.39, 0.29) is 11.6 Å². The molecule has 1 aromatic carbocycles. The number of thiazole rings is 1. The van der Waals surface area contributed by atoms with E-state index in [1.165, 1.54) is 11.3 Å². The van der Waals surface area contributed by atoms with E-state index in [0.717, 1.165) is 5.01 Å². The third-order valence-corrected chi connectivity index (χ3v) is 5.31. The highest BCUT2D eigenvalue weighted by atomic mass is 32.2. The minimum atomic E-state index is -0.653. The van der Waals surface area contributed by atoms with Gasteiger partial charge in [-0.15, -0.1) is 11.3 Å². The van der Waals surface area contributed by atoms with Crippen molar-refractivity contribution >= 4 is 39.9 Å². The van der Waals surface area contributed by atoms with Gasteiger partial charge in [0.1, 0.15) is 10.8 Å². The summed E-state index contributed by atoms with van der Waals surface area (Å²) in [5.74, 6) is -0.317. The Morgan fingerprint density at radius 1 is 1.38 bits per heavy atom. The molecule has 0 spiro atoms. The van der Waals surface area contributed by atoms with E-state index in [9.17, 15) is 9.59 Å². The van der Waals surface area contributed by atoms with Crippen LogP contribution >= 0.6 is 23.1 Å². The topological polar surface area (TPSA) is 94.3 Å². The minimum absolute atomic E-state index is 0.102. The zero-order valence-corrected chi connectivity index (χ0v) is 15.3. The Morgan fingerprint density at radius 2 is 2.04 bits per heavy atom. The van der Waals surface area contributed by atoms with Gasteiger partial charge in [-0.2, -0.15) is 11.8 Å². The number of methoxy groups -OCH3 is 1. The van der Waals surface area contributed by atoms with Gasteiger partial charge in [0.25, 0.3) is 11.8 Å². The number of primary amides is 1. The number of nitrogens with two attached hydrogens (primary N) is 1. The summed E-state index contributed by atoms with van der Waals surface area (Å²) in [5, 5.41) is 4.24. The normalized spacial score (nSPS) is 11.8. The molecular formula is C16H19N3O3S2. The van der Waals surface area contributed by atoms with Gasteiger partial charge in [-0.25, -0.2) is 4.98 Å². The summed E-state index contributed by atoms with van der Waals surface area (Å²) in [5.41, 5.74) is 5.93. The maximum absolute atomic E-state index is 12.3. The van der Waals surface area contributed by atoms with Crippen molar-refractivity contribution in [3.05, 3.63) is 40.5 Å². The van der Waals surface area contributed by atoms with Crippen LogP contribution in [0.1, 0.15) is 32.8 Å². The molecule has 0 aliphatic rings. The van der Waals surface area contributed by atoms with Crippen LogP contribution in [0.4, 0.5) is 5.00 Å². The number of anilines is 1. The van der Waals surface area contributed by atoms with Crippen LogP contribution in [0.2, 0.25) is 0 Å². The number of rotatable bonds is 7. The van der Waals surface area contributed by atoms with Crippen LogP contribution < -0.4 is 15.8 Å². The van der Waals surface area contributed by atoms with Crippen molar-refractivity contribution in [2.45, 2.75) is 18.6 Å². The molecule has 1 atom stereocenters. The van der Waals surface area contributed by atoms with Gasteiger partial charge in [-0.05, 0) is 30.5 Å². The Morgan fingerprint density at radius 3 is 2.58 bits per heavy atom. The maximum atomic E-state index is 12.3. The fourth-order valence-electron chi connectivity index (χ4n) is 1.95. The fourth-order valence-corrected chi connectivity index (χ4v) is 3.47. The summed E-state index contributed by atoms with van der Waals surface area (Å²) in [6.07, 6.45) is 2.73. The van der Waals surface area contributed by atoms with Crippen molar-refractivity contribution in [1.82, 2.24) is 4.98 Å². The quantitative estimate of drug-likeness (QED) is 0.787. The lowest BCUT2D eigenvalue weighted by atomic mass is 10.2. The molecule has 0 radical (unpaired) electrons. The van der Waals surface area contributed by atoms with E-state index in [0.29, 0.717) is 28.0 Å². The smallest absolute Gasteiger partial charge is 0.270 e. The average molecular weight is 365 g/mol. The molecule has 1 unspecified atom stereocenters. The molecule has 8 heteroatoms. The molecule has 0 saturated heterocycles. The van der Waals surface area contributed by atoms with Crippen molar-refractivity contribution in [3.63, 3.8) is 0 Å². The van der Waals surface area contributed by atoms with Crippen molar-refractivity contribution in [1.29, 1.82) is 0 Å². The monoisotopic (exact) mass is 365 g/mol. The predicted octanol–water partition coefficient (Wildman–Crippen LogP) is 2.80. The number of thioether (sulfide) groups is 1. The molecule has 0 aliphatic carbocycles. The second-order valence-corrected chi connectivity index (χ2v) is 7.44. The number of aromatic nitrogens is 1. The number of ether oxygens (including phenoxy) is 1. The van der Waals surface area contributed by atoms with Gasteiger partial charge < -0.3 is 15.8 Å². The predicted molar refractivity (Wildman–Crippen MR) is 98.3 cm³/mol. The highest BCUT2D eigenvalue weighted by molar-refractivity contribution is 7.99. The summed E-state index contributed by atoms with van der Waals surface area (Å²) >= 11 is 2.99. The Labute approximate surface area is 148 Å². The van der Waals surface area contributed by atoms with E-state index in [1.54, 1.807) is 43.1 Å². The molecule has 0 aliphatic heterocycles. The summed E-state index contributed by atoms with van der Waals surface area (Å²) in [6, 6.07) is 6.69. The molecule has 24 heavy (non-hydrogen) atoms. The van der Waals surface area contributed by atoms with Crippen LogP contribution in [-0.2, 0) is 6.42 Å². The molecule has 2 amide bonds. The number of amides is 2. The minimum Gasteiger partial charge on any atom is -0.497 e. The van der Waals surface area contributed by atoms with Crippen LogP contribution in [0.25, 0.3) is 0 Å². The van der Waals surface area contributed by atoms with Crippen LogP contribution in [0.3, 0.4) is 0 Å². The van der Waals surface area contributed by atoms with E-state index in [1.807, 2.05) is 6.26 Å². The average Bonchev–Trinajstić information content (AvgIpc) is 2.97.